The Bertz CT molecular complexity index is 268. The first-order valence-electron chi connectivity index (χ1n) is 7.08. The molecule has 1 unspecified atom stereocenters. The van der Waals surface area contributed by atoms with Crippen LogP contribution in [0.3, 0.4) is 0 Å². The molecule has 0 aliphatic rings. The first-order valence-corrected chi connectivity index (χ1v) is 7.08. The van der Waals surface area contributed by atoms with Crippen LogP contribution in [-0.2, 0) is 6.42 Å². The van der Waals surface area contributed by atoms with E-state index in [0.717, 1.165) is 0 Å². The molecule has 0 aliphatic heterocycles. The fraction of sp³-hybridized carbons (Fsp3) is 0.625. The van der Waals surface area contributed by atoms with E-state index in [2.05, 4.69) is 49.6 Å². The minimum Gasteiger partial charge on any atom is -0.317 e. The maximum Gasteiger partial charge on any atom is 0.00672 e. The molecule has 0 aromatic heterocycles. The average molecular weight is 233 g/mol. The van der Waals surface area contributed by atoms with Crippen molar-refractivity contribution in [2.45, 2.75) is 57.9 Å². The van der Waals surface area contributed by atoms with Crippen LogP contribution in [0.4, 0.5) is 0 Å². The fourth-order valence-corrected chi connectivity index (χ4v) is 2.24. The summed E-state index contributed by atoms with van der Waals surface area (Å²) >= 11 is 0. The summed E-state index contributed by atoms with van der Waals surface area (Å²) < 4.78 is 0. The summed E-state index contributed by atoms with van der Waals surface area (Å²) in [5, 5.41) is 3.45. The molecular weight excluding hydrogens is 206 g/mol. The zero-order valence-corrected chi connectivity index (χ0v) is 11.4. The second kappa shape index (κ2) is 9.23. The smallest absolute Gasteiger partial charge is 0.00672 e. The van der Waals surface area contributed by atoms with Gasteiger partial charge in [0.15, 0.2) is 0 Å². The van der Waals surface area contributed by atoms with Gasteiger partial charge in [-0.3, -0.25) is 0 Å². The highest BCUT2D eigenvalue weighted by Gasteiger charge is 2.05. The van der Waals surface area contributed by atoms with Gasteiger partial charge in [-0.1, -0.05) is 62.9 Å². The van der Waals surface area contributed by atoms with E-state index in [1.54, 1.807) is 0 Å². The van der Waals surface area contributed by atoms with Crippen molar-refractivity contribution >= 4 is 0 Å². The Morgan fingerprint density at radius 3 is 2.41 bits per heavy atom. The first-order chi connectivity index (χ1) is 8.36. The third-order valence-corrected chi connectivity index (χ3v) is 3.44. The van der Waals surface area contributed by atoms with Crippen LogP contribution < -0.4 is 5.32 Å². The van der Waals surface area contributed by atoms with Crippen LogP contribution >= 0.6 is 0 Å². The van der Waals surface area contributed by atoms with Crippen molar-refractivity contribution < 1.29 is 0 Å². The van der Waals surface area contributed by atoms with E-state index in [-0.39, 0.29) is 0 Å². The van der Waals surface area contributed by atoms with Crippen LogP contribution in [-0.4, -0.2) is 13.1 Å². The van der Waals surface area contributed by atoms with E-state index in [0.29, 0.717) is 6.04 Å². The van der Waals surface area contributed by atoms with E-state index in [4.69, 9.17) is 0 Å². The summed E-state index contributed by atoms with van der Waals surface area (Å²) in [4.78, 5) is 0. The molecule has 96 valence electrons. The van der Waals surface area contributed by atoms with Gasteiger partial charge in [0.1, 0.15) is 0 Å². The van der Waals surface area contributed by atoms with E-state index >= 15 is 0 Å². The van der Waals surface area contributed by atoms with Gasteiger partial charge in [0.2, 0.25) is 0 Å². The molecule has 1 atom stereocenters. The molecule has 1 aromatic rings. The lowest BCUT2D eigenvalue weighted by Crippen LogP contribution is -2.25. The van der Waals surface area contributed by atoms with Gasteiger partial charge < -0.3 is 5.32 Å². The monoisotopic (exact) mass is 233 g/mol. The number of unbranched alkanes of at least 4 members (excludes halogenated alkanes) is 3. The second-order valence-corrected chi connectivity index (χ2v) is 4.86. The molecule has 1 heteroatoms. The van der Waals surface area contributed by atoms with E-state index < -0.39 is 0 Å². The maximum atomic E-state index is 3.45. The Morgan fingerprint density at radius 2 is 1.76 bits per heavy atom. The molecule has 0 saturated carbocycles. The molecule has 1 aromatic carbocycles. The predicted octanol–water partition coefficient (Wildman–Crippen LogP) is 4.18. The molecule has 0 bridgehead atoms. The van der Waals surface area contributed by atoms with Crippen molar-refractivity contribution in [1.29, 1.82) is 0 Å². The lowest BCUT2D eigenvalue weighted by atomic mass is 10.0. The van der Waals surface area contributed by atoms with Gasteiger partial charge in [0, 0.05) is 6.04 Å². The third-order valence-electron chi connectivity index (χ3n) is 3.44. The normalized spacial score (nSPS) is 12.6. The Morgan fingerprint density at radius 1 is 1.00 bits per heavy atom. The van der Waals surface area contributed by atoms with Crippen LogP contribution in [0.25, 0.3) is 0 Å². The molecule has 0 heterocycles. The standard InChI is InChI=1S/C16H27N/c1-3-4-5-9-12-16(17-2)14-13-15-10-7-6-8-11-15/h6-8,10-11,16-17H,3-5,9,12-14H2,1-2H3. The van der Waals surface area contributed by atoms with Gasteiger partial charge in [0.25, 0.3) is 0 Å². The lowest BCUT2D eigenvalue weighted by molar-refractivity contribution is 0.461. The van der Waals surface area contributed by atoms with Gasteiger partial charge in [-0.25, -0.2) is 0 Å². The van der Waals surface area contributed by atoms with Crippen molar-refractivity contribution in [2.75, 3.05) is 7.05 Å². The highest BCUT2D eigenvalue weighted by molar-refractivity contribution is 5.14. The van der Waals surface area contributed by atoms with Gasteiger partial charge in [-0.15, -0.1) is 0 Å². The van der Waals surface area contributed by atoms with Crippen molar-refractivity contribution in [3.05, 3.63) is 35.9 Å². The number of benzene rings is 1. The van der Waals surface area contributed by atoms with Crippen LogP contribution in [0.1, 0.15) is 51.0 Å². The van der Waals surface area contributed by atoms with Gasteiger partial charge in [0.05, 0.1) is 0 Å². The fourth-order valence-electron chi connectivity index (χ4n) is 2.24. The highest BCUT2D eigenvalue weighted by atomic mass is 14.9. The summed E-state index contributed by atoms with van der Waals surface area (Å²) in [5.41, 5.74) is 1.46. The molecule has 17 heavy (non-hydrogen) atoms. The van der Waals surface area contributed by atoms with Crippen LogP contribution in [0.5, 0.6) is 0 Å². The van der Waals surface area contributed by atoms with Crippen LogP contribution in [0.2, 0.25) is 0 Å². The van der Waals surface area contributed by atoms with Crippen molar-refractivity contribution in [1.82, 2.24) is 5.32 Å². The summed E-state index contributed by atoms with van der Waals surface area (Å²) in [6, 6.07) is 11.5. The second-order valence-electron chi connectivity index (χ2n) is 4.86. The SMILES string of the molecule is CCCCCCC(CCc1ccccc1)NC. The molecule has 0 saturated heterocycles. The summed E-state index contributed by atoms with van der Waals surface area (Å²) in [7, 11) is 2.09. The molecule has 1 nitrogen and oxygen atoms in total. The Hall–Kier alpha value is -0.820. The predicted molar refractivity (Wildman–Crippen MR) is 76.4 cm³/mol. The number of aryl methyl sites for hydroxylation is 1. The topological polar surface area (TPSA) is 12.0 Å². The third kappa shape index (κ3) is 6.48. The molecule has 0 fully saturated rings. The molecule has 0 radical (unpaired) electrons. The van der Waals surface area contributed by atoms with Crippen molar-refractivity contribution in [2.24, 2.45) is 0 Å². The van der Waals surface area contributed by atoms with E-state index in [1.165, 1.54) is 50.5 Å². The highest BCUT2D eigenvalue weighted by Crippen LogP contribution is 2.11. The van der Waals surface area contributed by atoms with Crippen molar-refractivity contribution in [3.63, 3.8) is 0 Å². The van der Waals surface area contributed by atoms with E-state index in [9.17, 15) is 0 Å². The molecule has 0 aliphatic carbocycles. The Kier molecular flexibility index (Phi) is 7.74. The number of hydrogen-bond donors (Lipinski definition) is 1. The Labute approximate surface area is 107 Å². The van der Waals surface area contributed by atoms with Crippen molar-refractivity contribution in [3.8, 4) is 0 Å². The molecule has 0 amide bonds. The molecule has 1 rings (SSSR count). The lowest BCUT2D eigenvalue weighted by Gasteiger charge is -2.15. The quantitative estimate of drug-likeness (QED) is 0.631. The zero-order valence-electron chi connectivity index (χ0n) is 11.4. The summed E-state index contributed by atoms with van der Waals surface area (Å²) in [5.74, 6) is 0. The molecule has 0 spiro atoms. The summed E-state index contributed by atoms with van der Waals surface area (Å²) in [6.07, 6.45) is 9.24. The van der Waals surface area contributed by atoms with Gasteiger partial charge >= 0.3 is 0 Å². The number of nitrogens with one attached hydrogen (secondary N) is 1. The minimum absolute atomic E-state index is 0.687. The van der Waals surface area contributed by atoms with E-state index in [1.807, 2.05) is 0 Å². The van der Waals surface area contributed by atoms with Gasteiger partial charge in [-0.05, 0) is 31.9 Å². The number of hydrogen-bond acceptors (Lipinski definition) is 1. The molecule has 1 N–H and O–H groups in total. The Balaban J connectivity index is 2.18. The number of rotatable bonds is 9. The largest absolute Gasteiger partial charge is 0.317 e. The van der Waals surface area contributed by atoms with Crippen LogP contribution in [0, 0.1) is 0 Å². The average Bonchev–Trinajstić information content (AvgIpc) is 2.39. The zero-order chi connectivity index (χ0) is 12.3. The van der Waals surface area contributed by atoms with Crippen LogP contribution in [0.15, 0.2) is 30.3 Å². The molecular formula is C16H27N. The first kappa shape index (κ1) is 14.2. The maximum absolute atomic E-state index is 3.45. The van der Waals surface area contributed by atoms with Gasteiger partial charge in [-0.2, -0.15) is 0 Å². The minimum atomic E-state index is 0.687. The summed E-state index contributed by atoms with van der Waals surface area (Å²) in [6.45, 7) is 2.27.